The minimum atomic E-state index is -0.552. The van der Waals surface area contributed by atoms with E-state index < -0.39 is 6.09 Å². The highest BCUT2D eigenvalue weighted by Gasteiger charge is 2.20. The SMILES string of the molecule is N#Cc1cc2c([nH]c1=S)CCN(C(=O)OCl)CC2. The average Bonchev–Trinajstić information content (AvgIpc) is 2.59. The van der Waals surface area contributed by atoms with E-state index in [0.717, 1.165) is 11.3 Å². The summed E-state index contributed by atoms with van der Waals surface area (Å²) in [7, 11) is 0. The first-order valence-electron chi connectivity index (χ1n) is 5.38. The van der Waals surface area contributed by atoms with Gasteiger partial charge in [0.2, 0.25) is 0 Å². The summed E-state index contributed by atoms with van der Waals surface area (Å²) in [4.78, 5) is 15.9. The third kappa shape index (κ3) is 2.47. The number of H-pyrrole nitrogens is 1. The Morgan fingerprint density at radius 2 is 2.28 bits per heavy atom. The highest BCUT2D eigenvalue weighted by Crippen LogP contribution is 2.17. The van der Waals surface area contributed by atoms with Crippen LogP contribution in [0, 0.1) is 16.0 Å². The molecule has 1 aliphatic rings. The third-order valence-corrected chi connectivity index (χ3v) is 3.40. The van der Waals surface area contributed by atoms with Crippen LogP contribution < -0.4 is 0 Å². The number of nitrogens with zero attached hydrogens (tertiary/aromatic N) is 2. The quantitative estimate of drug-likeness (QED) is 0.742. The summed E-state index contributed by atoms with van der Waals surface area (Å²) in [6.07, 6.45) is 0.724. The molecule has 0 radical (unpaired) electrons. The molecule has 0 unspecified atom stereocenters. The van der Waals surface area contributed by atoms with Gasteiger partial charge in [-0.15, -0.1) is 0 Å². The van der Waals surface area contributed by atoms with E-state index in [1.54, 1.807) is 6.07 Å². The predicted octanol–water partition coefficient (Wildman–Crippen LogP) is 2.31. The van der Waals surface area contributed by atoms with Crippen molar-refractivity contribution in [2.45, 2.75) is 12.8 Å². The van der Waals surface area contributed by atoms with Crippen LogP contribution in [-0.2, 0) is 17.1 Å². The Kier molecular flexibility index (Phi) is 3.84. The van der Waals surface area contributed by atoms with Gasteiger partial charge in [-0.2, -0.15) is 5.26 Å². The number of hydrogen-bond donors (Lipinski definition) is 1. The second-order valence-electron chi connectivity index (χ2n) is 3.96. The van der Waals surface area contributed by atoms with Crippen molar-refractivity contribution in [2.24, 2.45) is 0 Å². The van der Waals surface area contributed by atoms with Crippen LogP contribution in [-0.4, -0.2) is 29.1 Å². The first-order valence-corrected chi connectivity index (χ1v) is 6.10. The summed E-state index contributed by atoms with van der Waals surface area (Å²) < 4.78 is 4.62. The molecule has 0 spiro atoms. The number of aromatic amines is 1. The maximum absolute atomic E-state index is 11.3. The molecule has 1 aromatic rings. The van der Waals surface area contributed by atoms with Crippen molar-refractivity contribution < 1.29 is 9.08 Å². The molecule has 0 atom stereocenters. The van der Waals surface area contributed by atoms with Crippen molar-refractivity contribution in [1.29, 1.82) is 5.26 Å². The molecule has 2 heterocycles. The van der Waals surface area contributed by atoms with Crippen LogP contribution in [0.5, 0.6) is 0 Å². The first-order chi connectivity index (χ1) is 8.65. The van der Waals surface area contributed by atoms with Crippen molar-refractivity contribution in [3.8, 4) is 6.07 Å². The number of carbonyl (C=O) groups is 1. The average molecular weight is 284 g/mol. The Balaban J connectivity index is 2.29. The number of fused-ring (bicyclic) bond motifs is 1. The number of nitriles is 1. The number of hydrogen-bond acceptors (Lipinski definition) is 4. The Bertz CT molecular complexity index is 579. The lowest BCUT2D eigenvalue weighted by Gasteiger charge is -2.16. The van der Waals surface area contributed by atoms with Gasteiger partial charge in [-0.25, -0.2) is 4.79 Å². The minimum Gasteiger partial charge on any atom is -0.349 e. The van der Waals surface area contributed by atoms with Crippen molar-refractivity contribution in [2.75, 3.05) is 13.1 Å². The largest absolute Gasteiger partial charge is 0.428 e. The molecule has 1 N–H and O–H groups in total. The van der Waals surface area contributed by atoms with E-state index in [4.69, 9.17) is 29.3 Å². The maximum atomic E-state index is 11.3. The summed E-state index contributed by atoms with van der Waals surface area (Å²) >= 11 is 10.1. The molecule has 1 aliphatic heterocycles. The van der Waals surface area contributed by atoms with Gasteiger partial charge >= 0.3 is 6.09 Å². The van der Waals surface area contributed by atoms with E-state index in [1.807, 2.05) is 6.07 Å². The molecule has 94 valence electrons. The number of pyridine rings is 1. The van der Waals surface area contributed by atoms with E-state index in [2.05, 4.69) is 9.27 Å². The highest BCUT2D eigenvalue weighted by atomic mass is 35.5. The van der Waals surface area contributed by atoms with Crippen LogP contribution in [0.1, 0.15) is 16.8 Å². The Hall–Kier alpha value is -1.58. The van der Waals surface area contributed by atoms with E-state index in [-0.39, 0.29) is 0 Å². The van der Waals surface area contributed by atoms with E-state index in [0.29, 0.717) is 36.1 Å². The molecule has 7 heteroatoms. The topological polar surface area (TPSA) is 69.1 Å². The standard InChI is InChI=1S/C11H10ClN3O2S/c12-17-11(16)15-3-1-7-5-8(6-13)10(18)14-9(7)2-4-15/h5H,1-4H2,(H,14,18). The number of nitrogens with one attached hydrogen (secondary N) is 1. The zero-order chi connectivity index (χ0) is 13.1. The molecule has 0 saturated heterocycles. The third-order valence-electron chi connectivity index (χ3n) is 2.94. The lowest BCUT2D eigenvalue weighted by atomic mass is 10.1. The number of amides is 1. The van der Waals surface area contributed by atoms with Gasteiger partial charge in [0.15, 0.2) is 0 Å². The molecule has 18 heavy (non-hydrogen) atoms. The van der Waals surface area contributed by atoms with E-state index in [9.17, 15) is 4.79 Å². The number of rotatable bonds is 0. The lowest BCUT2D eigenvalue weighted by molar-refractivity contribution is 0.158. The summed E-state index contributed by atoms with van der Waals surface area (Å²) in [5.41, 5.74) is 2.42. The summed E-state index contributed by atoms with van der Waals surface area (Å²) in [5, 5.41) is 8.93. The smallest absolute Gasteiger partial charge is 0.349 e. The van der Waals surface area contributed by atoms with Crippen LogP contribution >= 0.6 is 24.1 Å². The van der Waals surface area contributed by atoms with Gasteiger partial charge in [-0.3, -0.25) is 0 Å². The molecule has 0 aliphatic carbocycles. The van der Waals surface area contributed by atoms with Gasteiger partial charge in [0, 0.05) is 25.2 Å². The van der Waals surface area contributed by atoms with Crippen molar-refractivity contribution in [3.63, 3.8) is 0 Å². The van der Waals surface area contributed by atoms with Crippen molar-refractivity contribution in [3.05, 3.63) is 27.5 Å². The molecule has 2 rings (SSSR count). The summed E-state index contributed by atoms with van der Waals surface area (Å²) in [6.45, 7) is 1.02. The molecule has 1 amide bonds. The Labute approximate surface area is 114 Å². The number of halogens is 1. The number of carbonyl (C=O) groups excluding carboxylic acids is 1. The molecule has 0 fully saturated rings. The Morgan fingerprint density at radius 1 is 1.56 bits per heavy atom. The van der Waals surface area contributed by atoms with Crippen LogP contribution in [0.4, 0.5) is 4.79 Å². The van der Waals surface area contributed by atoms with Crippen molar-refractivity contribution in [1.82, 2.24) is 9.88 Å². The molecular weight excluding hydrogens is 274 g/mol. The Morgan fingerprint density at radius 3 is 2.94 bits per heavy atom. The fourth-order valence-corrected chi connectivity index (χ4v) is 2.31. The molecule has 0 bridgehead atoms. The molecule has 5 nitrogen and oxygen atoms in total. The van der Waals surface area contributed by atoms with Gasteiger partial charge in [0.25, 0.3) is 0 Å². The molecule has 0 aromatic carbocycles. The first kappa shape index (κ1) is 12.9. The normalized spacial score (nSPS) is 14.3. The van der Waals surface area contributed by atoms with Crippen LogP contribution in [0.3, 0.4) is 0 Å². The number of aromatic nitrogens is 1. The highest BCUT2D eigenvalue weighted by molar-refractivity contribution is 7.71. The monoisotopic (exact) mass is 283 g/mol. The second kappa shape index (κ2) is 5.38. The fraction of sp³-hybridized carbons (Fsp3) is 0.364. The van der Waals surface area contributed by atoms with Gasteiger partial charge in [0.05, 0.1) is 5.56 Å². The lowest BCUT2D eigenvalue weighted by Crippen LogP contribution is -2.32. The zero-order valence-corrected chi connectivity index (χ0v) is 11.0. The van der Waals surface area contributed by atoms with Gasteiger partial charge < -0.3 is 14.2 Å². The van der Waals surface area contributed by atoms with E-state index >= 15 is 0 Å². The van der Waals surface area contributed by atoms with Gasteiger partial charge in [0.1, 0.15) is 22.6 Å². The van der Waals surface area contributed by atoms with Gasteiger partial charge in [-0.05, 0) is 18.1 Å². The minimum absolute atomic E-state index is 0.435. The van der Waals surface area contributed by atoms with E-state index in [1.165, 1.54) is 4.90 Å². The summed E-state index contributed by atoms with van der Waals surface area (Å²) in [6, 6.07) is 3.83. The van der Waals surface area contributed by atoms with Crippen LogP contribution in [0.25, 0.3) is 0 Å². The van der Waals surface area contributed by atoms with Crippen molar-refractivity contribution >= 4 is 30.2 Å². The van der Waals surface area contributed by atoms with Crippen LogP contribution in [0.15, 0.2) is 6.07 Å². The molecular formula is C11H10ClN3O2S. The summed E-state index contributed by atoms with van der Waals surface area (Å²) in [5.74, 6) is 0. The molecule has 0 saturated carbocycles. The molecule has 1 aromatic heterocycles. The second-order valence-corrected chi connectivity index (χ2v) is 4.52. The van der Waals surface area contributed by atoms with Gasteiger partial charge in [-0.1, -0.05) is 12.2 Å². The zero-order valence-electron chi connectivity index (χ0n) is 9.40. The predicted molar refractivity (Wildman–Crippen MR) is 67.7 cm³/mol. The fourth-order valence-electron chi connectivity index (χ4n) is 1.99. The van der Waals surface area contributed by atoms with Crippen LogP contribution in [0.2, 0.25) is 0 Å². The maximum Gasteiger partial charge on any atom is 0.428 e.